The van der Waals surface area contributed by atoms with Gasteiger partial charge in [-0.2, -0.15) is 0 Å². The Labute approximate surface area is 184 Å². The standard InChI is InChI=1S/C24H33FN4O2/c1-3-27-24(30)29(15-14-26)22-13-12-20(16-23(22)31-21-6-4-5-7-21)28(2)17-18-8-10-19(25)11-9-18/h8-13,16,21H,3-7,14-15,17,26H2,1-2H3,(H,27,30). The lowest BCUT2D eigenvalue weighted by molar-refractivity contribution is 0.210. The Morgan fingerprint density at radius 3 is 2.55 bits per heavy atom. The summed E-state index contributed by atoms with van der Waals surface area (Å²) in [6.45, 7) is 3.81. The number of nitrogens with zero attached hydrogens (tertiary/aromatic N) is 2. The molecular formula is C24H33FN4O2. The number of carbonyl (C=O) groups excluding carboxylic acids is 1. The van der Waals surface area contributed by atoms with Crippen molar-refractivity contribution >= 4 is 17.4 Å². The van der Waals surface area contributed by atoms with Crippen LogP contribution in [-0.4, -0.2) is 38.8 Å². The molecule has 1 saturated carbocycles. The molecule has 3 rings (SSSR count). The number of nitrogens with one attached hydrogen (secondary N) is 1. The van der Waals surface area contributed by atoms with E-state index >= 15 is 0 Å². The molecule has 2 amide bonds. The van der Waals surface area contributed by atoms with Crippen LogP contribution in [0.25, 0.3) is 0 Å². The number of ether oxygens (including phenoxy) is 1. The summed E-state index contributed by atoms with van der Waals surface area (Å²) in [7, 11) is 1.99. The third kappa shape index (κ3) is 6.10. The summed E-state index contributed by atoms with van der Waals surface area (Å²) < 4.78 is 19.6. The number of carbonyl (C=O) groups is 1. The molecule has 0 aliphatic heterocycles. The van der Waals surface area contributed by atoms with Gasteiger partial charge in [-0.25, -0.2) is 9.18 Å². The van der Waals surface area contributed by atoms with Crippen LogP contribution in [0.3, 0.4) is 0 Å². The Hall–Kier alpha value is -2.80. The minimum Gasteiger partial charge on any atom is -0.488 e. The monoisotopic (exact) mass is 428 g/mol. The van der Waals surface area contributed by atoms with Crippen LogP contribution < -0.4 is 25.6 Å². The lowest BCUT2D eigenvalue weighted by Crippen LogP contribution is -2.43. The Bertz CT molecular complexity index is 853. The molecule has 0 saturated heterocycles. The van der Waals surface area contributed by atoms with Crippen LogP contribution in [0.5, 0.6) is 5.75 Å². The zero-order valence-corrected chi connectivity index (χ0v) is 18.4. The Balaban J connectivity index is 1.89. The first-order valence-corrected chi connectivity index (χ1v) is 11.0. The second kappa shape index (κ2) is 11.0. The first kappa shape index (κ1) is 22.9. The number of amides is 2. The molecule has 0 bridgehead atoms. The lowest BCUT2D eigenvalue weighted by Gasteiger charge is -2.28. The van der Waals surface area contributed by atoms with Gasteiger partial charge >= 0.3 is 6.03 Å². The second-order valence-electron chi connectivity index (χ2n) is 7.93. The van der Waals surface area contributed by atoms with Gasteiger partial charge in [0.05, 0.1) is 11.8 Å². The highest BCUT2D eigenvalue weighted by atomic mass is 19.1. The second-order valence-corrected chi connectivity index (χ2v) is 7.93. The van der Waals surface area contributed by atoms with Gasteiger partial charge in [-0.15, -0.1) is 0 Å². The fourth-order valence-corrected chi connectivity index (χ4v) is 3.91. The fraction of sp³-hybridized carbons (Fsp3) is 0.458. The van der Waals surface area contributed by atoms with E-state index in [4.69, 9.17) is 10.5 Å². The summed E-state index contributed by atoms with van der Waals surface area (Å²) in [5, 5.41) is 2.86. The zero-order chi connectivity index (χ0) is 22.2. The van der Waals surface area contributed by atoms with Gasteiger partial charge in [-0.3, -0.25) is 4.90 Å². The van der Waals surface area contributed by atoms with Crippen molar-refractivity contribution in [1.29, 1.82) is 0 Å². The number of benzene rings is 2. The quantitative estimate of drug-likeness (QED) is 0.625. The number of anilines is 2. The van der Waals surface area contributed by atoms with E-state index in [1.54, 1.807) is 17.0 Å². The molecular weight excluding hydrogens is 395 g/mol. The third-order valence-corrected chi connectivity index (χ3v) is 5.53. The number of nitrogens with two attached hydrogens (primary N) is 1. The van der Waals surface area contributed by atoms with Crippen molar-refractivity contribution in [2.45, 2.75) is 45.3 Å². The van der Waals surface area contributed by atoms with Gasteiger partial charge in [0.2, 0.25) is 0 Å². The lowest BCUT2D eigenvalue weighted by atomic mass is 10.1. The molecule has 0 spiro atoms. The van der Waals surface area contributed by atoms with Crippen molar-refractivity contribution in [2.75, 3.05) is 36.5 Å². The smallest absolute Gasteiger partial charge is 0.322 e. The topological polar surface area (TPSA) is 70.8 Å². The number of urea groups is 1. The van der Waals surface area contributed by atoms with Crippen molar-refractivity contribution in [3.8, 4) is 5.75 Å². The highest BCUT2D eigenvalue weighted by molar-refractivity contribution is 5.94. The zero-order valence-electron chi connectivity index (χ0n) is 18.4. The molecule has 168 valence electrons. The van der Waals surface area contributed by atoms with Crippen LogP contribution in [-0.2, 0) is 6.54 Å². The molecule has 1 aliphatic rings. The van der Waals surface area contributed by atoms with Crippen molar-refractivity contribution in [3.63, 3.8) is 0 Å². The Morgan fingerprint density at radius 1 is 1.19 bits per heavy atom. The van der Waals surface area contributed by atoms with Crippen LogP contribution in [0.15, 0.2) is 42.5 Å². The first-order chi connectivity index (χ1) is 15.0. The van der Waals surface area contributed by atoms with E-state index in [2.05, 4.69) is 10.2 Å². The van der Waals surface area contributed by atoms with Crippen LogP contribution in [0.1, 0.15) is 38.2 Å². The van der Waals surface area contributed by atoms with Gasteiger partial charge < -0.3 is 20.7 Å². The van der Waals surface area contributed by atoms with E-state index in [1.165, 1.54) is 12.1 Å². The van der Waals surface area contributed by atoms with E-state index < -0.39 is 0 Å². The molecule has 0 unspecified atom stereocenters. The van der Waals surface area contributed by atoms with E-state index in [0.29, 0.717) is 31.9 Å². The molecule has 2 aromatic rings. The maximum Gasteiger partial charge on any atom is 0.322 e. The molecule has 6 nitrogen and oxygen atoms in total. The van der Waals surface area contributed by atoms with Gasteiger partial charge in [0.1, 0.15) is 11.6 Å². The molecule has 1 aliphatic carbocycles. The highest BCUT2D eigenvalue weighted by Gasteiger charge is 2.23. The van der Waals surface area contributed by atoms with Crippen molar-refractivity contribution in [2.24, 2.45) is 5.73 Å². The summed E-state index contributed by atoms with van der Waals surface area (Å²) in [6.07, 6.45) is 4.52. The molecule has 31 heavy (non-hydrogen) atoms. The maximum absolute atomic E-state index is 13.2. The SMILES string of the molecule is CCNC(=O)N(CCN)c1ccc(N(C)Cc2ccc(F)cc2)cc1OC1CCCC1. The average molecular weight is 429 g/mol. The minimum atomic E-state index is -0.242. The van der Waals surface area contributed by atoms with E-state index in [9.17, 15) is 9.18 Å². The van der Waals surface area contributed by atoms with Crippen LogP contribution in [0, 0.1) is 5.82 Å². The van der Waals surface area contributed by atoms with Gasteiger partial charge in [0.25, 0.3) is 0 Å². The number of rotatable bonds is 9. The van der Waals surface area contributed by atoms with Gasteiger partial charge in [-0.05, 0) is 62.4 Å². The van der Waals surface area contributed by atoms with Gasteiger partial charge in [0, 0.05) is 45.0 Å². The molecule has 1 fully saturated rings. The third-order valence-electron chi connectivity index (χ3n) is 5.53. The van der Waals surface area contributed by atoms with Crippen molar-refractivity contribution in [3.05, 3.63) is 53.8 Å². The summed E-state index contributed by atoms with van der Waals surface area (Å²) in [5.74, 6) is 0.448. The van der Waals surface area contributed by atoms with Crippen LogP contribution in [0.2, 0.25) is 0 Å². The number of hydrogen-bond acceptors (Lipinski definition) is 4. The molecule has 0 radical (unpaired) electrons. The highest BCUT2D eigenvalue weighted by Crippen LogP contribution is 2.36. The van der Waals surface area contributed by atoms with E-state index in [0.717, 1.165) is 42.6 Å². The number of halogens is 1. The van der Waals surface area contributed by atoms with Crippen molar-refractivity contribution in [1.82, 2.24) is 5.32 Å². The Morgan fingerprint density at radius 2 is 1.90 bits per heavy atom. The van der Waals surface area contributed by atoms with Crippen LogP contribution in [0.4, 0.5) is 20.6 Å². The largest absolute Gasteiger partial charge is 0.488 e. The van der Waals surface area contributed by atoms with E-state index in [1.807, 2.05) is 32.2 Å². The average Bonchev–Trinajstić information content (AvgIpc) is 3.27. The minimum absolute atomic E-state index is 0.158. The van der Waals surface area contributed by atoms with E-state index in [-0.39, 0.29) is 18.0 Å². The molecule has 0 atom stereocenters. The predicted octanol–water partition coefficient (Wildman–Crippen LogP) is 4.28. The molecule has 3 N–H and O–H groups in total. The number of hydrogen-bond donors (Lipinski definition) is 2. The molecule has 7 heteroatoms. The predicted molar refractivity (Wildman–Crippen MR) is 123 cm³/mol. The fourth-order valence-electron chi connectivity index (χ4n) is 3.91. The summed E-state index contributed by atoms with van der Waals surface area (Å²) in [4.78, 5) is 16.4. The molecule has 0 heterocycles. The summed E-state index contributed by atoms with van der Waals surface area (Å²) >= 11 is 0. The summed E-state index contributed by atoms with van der Waals surface area (Å²) in [5.41, 5.74) is 8.49. The van der Waals surface area contributed by atoms with Gasteiger partial charge in [-0.1, -0.05) is 12.1 Å². The van der Waals surface area contributed by atoms with Crippen LogP contribution >= 0.6 is 0 Å². The normalized spacial score (nSPS) is 13.8. The molecule has 0 aromatic heterocycles. The molecule has 2 aromatic carbocycles. The van der Waals surface area contributed by atoms with Crippen molar-refractivity contribution < 1.29 is 13.9 Å². The Kier molecular flexibility index (Phi) is 8.12. The van der Waals surface area contributed by atoms with Gasteiger partial charge in [0.15, 0.2) is 0 Å². The first-order valence-electron chi connectivity index (χ1n) is 11.0. The summed E-state index contributed by atoms with van der Waals surface area (Å²) in [6, 6.07) is 12.2. The maximum atomic E-state index is 13.2.